The van der Waals surface area contributed by atoms with Crippen LogP contribution in [0.3, 0.4) is 0 Å². The highest BCUT2D eigenvalue weighted by Gasteiger charge is 2.34. The van der Waals surface area contributed by atoms with Gasteiger partial charge in [0.2, 0.25) is 5.90 Å². The van der Waals surface area contributed by atoms with Gasteiger partial charge in [-0.3, -0.25) is 9.69 Å². The summed E-state index contributed by atoms with van der Waals surface area (Å²) in [5, 5.41) is 0. The maximum Gasteiger partial charge on any atom is 0.353 e. The van der Waals surface area contributed by atoms with E-state index in [-0.39, 0.29) is 11.8 Å². The van der Waals surface area contributed by atoms with E-state index in [0.29, 0.717) is 18.7 Å². The molecule has 3 amide bonds. The van der Waals surface area contributed by atoms with Gasteiger partial charge in [0, 0.05) is 6.54 Å². The zero-order valence-electron chi connectivity index (χ0n) is 11.4. The van der Waals surface area contributed by atoms with Crippen LogP contribution in [0.2, 0.25) is 0 Å². The van der Waals surface area contributed by atoms with E-state index in [4.69, 9.17) is 4.74 Å². The van der Waals surface area contributed by atoms with Gasteiger partial charge >= 0.3 is 6.03 Å². The smallest absolute Gasteiger partial charge is 0.353 e. The Bertz CT molecular complexity index is 406. The first-order valence-corrected chi connectivity index (χ1v) is 6.28. The average molecular weight is 252 g/mol. The number of rotatable bonds is 4. The van der Waals surface area contributed by atoms with Crippen LogP contribution < -0.4 is 0 Å². The zero-order chi connectivity index (χ0) is 13.7. The van der Waals surface area contributed by atoms with E-state index in [9.17, 15) is 9.59 Å². The van der Waals surface area contributed by atoms with Crippen LogP contribution in [-0.2, 0) is 9.53 Å². The second-order valence-corrected chi connectivity index (χ2v) is 4.32. The van der Waals surface area contributed by atoms with Crippen LogP contribution in [0, 0.1) is 0 Å². The summed E-state index contributed by atoms with van der Waals surface area (Å²) < 4.78 is 5.27. The number of ether oxygens (including phenoxy) is 1. The summed E-state index contributed by atoms with van der Waals surface area (Å²) in [6.07, 6.45) is 1.70. The van der Waals surface area contributed by atoms with Crippen molar-refractivity contribution in [3.05, 3.63) is 11.1 Å². The number of carbonyl (C=O) groups is 2. The first kappa shape index (κ1) is 14.4. The van der Waals surface area contributed by atoms with Gasteiger partial charge in [-0.1, -0.05) is 18.9 Å². The zero-order valence-corrected chi connectivity index (χ0v) is 11.4. The fourth-order valence-corrected chi connectivity index (χ4v) is 1.70. The molecule has 18 heavy (non-hydrogen) atoms. The first-order chi connectivity index (χ1) is 8.52. The van der Waals surface area contributed by atoms with Crippen molar-refractivity contribution in [3.63, 3.8) is 0 Å². The number of allylic oxidation sites excluding steroid dienone is 1. The molecule has 1 heterocycles. The molecule has 100 valence electrons. The molecule has 0 unspecified atom stereocenters. The number of unbranched alkanes of at least 4 members (excludes halogenated alkanes) is 1. The molecule has 0 saturated carbocycles. The van der Waals surface area contributed by atoms with E-state index in [1.807, 2.05) is 20.8 Å². The lowest BCUT2D eigenvalue weighted by atomic mass is 10.1. The van der Waals surface area contributed by atoms with Gasteiger partial charge in [-0.2, -0.15) is 4.99 Å². The van der Waals surface area contributed by atoms with Crippen molar-refractivity contribution in [1.29, 1.82) is 0 Å². The standard InChI is InChI=1S/C13H20N2O3/c1-5-7-8-15-12(16)10(9(3)4)11(18-6-2)14-13(15)17/h5-8H2,1-4H3. The third kappa shape index (κ3) is 2.97. The van der Waals surface area contributed by atoms with Gasteiger partial charge in [0.1, 0.15) is 5.57 Å². The average Bonchev–Trinajstić information content (AvgIpc) is 2.28. The molecule has 1 aliphatic rings. The van der Waals surface area contributed by atoms with Crippen LogP contribution in [0.15, 0.2) is 16.1 Å². The summed E-state index contributed by atoms with van der Waals surface area (Å²) >= 11 is 0. The molecule has 0 aromatic rings. The molecule has 0 aromatic carbocycles. The van der Waals surface area contributed by atoms with Crippen molar-refractivity contribution in [1.82, 2.24) is 4.90 Å². The number of hydrogen-bond donors (Lipinski definition) is 0. The van der Waals surface area contributed by atoms with E-state index < -0.39 is 6.03 Å². The SMILES string of the molecule is CCCCN1C(=O)N=C(OCC)C(=C(C)C)C1=O. The predicted molar refractivity (Wildman–Crippen MR) is 69.5 cm³/mol. The third-order valence-corrected chi connectivity index (χ3v) is 2.62. The Morgan fingerprint density at radius 1 is 1.28 bits per heavy atom. The molecule has 0 aromatic heterocycles. The Labute approximate surface area is 108 Å². The number of hydrogen-bond acceptors (Lipinski definition) is 3. The lowest BCUT2D eigenvalue weighted by Gasteiger charge is -2.25. The van der Waals surface area contributed by atoms with Crippen molar-refractivity contribution in [2.24, 2.45) is 4.99 Å². The molecule has 0 aliphatic carbocycles. The van der Waals surface area contributed by atoms with E-state index >= 15 is 0 Å². The molecule has 5 nitrogen and oxygen atoms in total. The van der Waals surface area contributed by atoms with Crippen molar-refractivity contribution >= 4 is 17.8 Å². The molecule has 0 fully saturated rings. The van der Waals surface area contributed by atoms with E-state index in [0.717, 1.165) is 18.4 Å². The number of carbonyl (C=O) groups excluding carboxylic acids is 2. The number of aliphatic imine (C=N–C) groups is 1. The number of imide groups is 1. The quantitative estimate of drug-likeness (QED) is 0.722. The van der Waals surface area contributed by atoms with Crippen molar-refractivity contribution in [2.45, 2.75) is 40.5 Å². The molecule has 5 heteroatoms. The maximum atomic E-state index is 12.3. The lowest BCUT2D eigenvalue weighted by Crippen LogP contribution is -2.43. The van der Waals surface area contributed by atoms with Gasteiger partial charge in [-0.25, -0.2) is 4.79 Å². The Hall–Kier alpha value is -1.65. The molecular formula is C13H20N2O3. The monoisotopic (exact) mass is 252 g/mol. The lowest BCUT2D eigenvalue weighted by molar-refractivity contribution is -0.124. The minimum absolute atomic E-state index is 0.153. The highest BCUT2D eigenvalue weighted by molar-refractivity contribution is 6.27. The molecular weight excluding hydrogens is 232 g/mol. The van der Waals surface area contributed by atoms with Gasteiger partial charge < -0.3 is 4.74 Å². The minimum Gasteiger partial charge on any atom is -0.477 e. The summed E-state index contributed by atoms with van der Waals surface area (Å²) in [5.41, 5.74) is 1.22. The molecule has 0 saturated heterocycles. The Morgan fingerprint density at radius 3 is 2.44 bits per heavy atom. The predicted octanol–water partition coefficient (Wildman–Crippen LogP) is 2.52. The number of nitrogens with zero attached hydrogens (tertiary/aromatic N) is 2. The van der Waals surface area contributed by atoms with Crippen molar-refractivity contribution in [2.75, 3.05) is 13.2 Å². The van der Waals surface area contributed by atoms with Crippen LogP contribution in [0.4, 0.5) is 4.79 Å². The molecule has 0 atom stereocenters. The van der Waals surface area contributed by atoms with Crippen LogP contribution in [0.1, 0.15) is 40.5 Å². The molecule has 0 spiro atoms. The van der Waals surface area contributed by atoms with E-state index in [2.05, 4.69) is 4.99 Å². The van der Waals surface area contributed by atoms with Crippen LogP contribution >= 0.6 is 0 Å². The molecule has 0 bridgehead atoms. The van der Waals surface area contributed by atoms with Gasteiger partial charge in [-0.15, -0.1) is 0 Å². The summed E-state index contributed by atoms with van der Waals surface area (Å²) in [6, 6.07) is -0.526. The minimum atomic E-state index is -0.526. The Kier molecular flexibility index (Phi) is 5.07. The number of amides is 3. The van der Waals surface area contributed by atoms with Gasteiger partial charge in [0.25, 0.3) is 5.91 Å². The Balaban J connectivity index is 3.09. The van der Waals surface area contributed by atoms with E-state index in [1.165, 1.54) is 4.90 Å². The van der Waals surface area contributed by atoms with Crippen molar-refractivity contribution in [3.8, 4) is 0 Å². The summed E-state index contributed by atoms with van der Waals surface area (Å²) in [7, 11) is 0. The van der Waals surface area contributed by atoms with Gasteiger partial charge in [-0.05, 0) is 27.2 Å². The fourth-order valence-electron chi connectivity index (χ4n) is 1.70. The maximum absolute atomic E-state index is 12.3. The number of urea groups is 1. The fraction of sp³-hybridized carbons (Fsp3) is 0.615. The topological polar surface area (TPSA) is 59.0 Å². The molecule has 1 aliphatic heterocycles. The van der Waals surface area contributed by atoms with Crippen LogP contribution in [0.5, 0.6) is 0 Å². The second kappa shape index (κ2) is 6.33. The van der Waals surface area contributed by atoms with E-state index in [1.54, 1.807) is 6.92 Å². The summed E-state index contributed by atoms with van der Waals surface area (Å²) in [4.78, 5) is 29.1. The summed E-state index contributed by atoms with van der Waals surface area (Å²) in [6.45, 7) is 8.23. The normalized spacial score (nSPS) is 15.9. The molecule has 1 rings (SSSR count). The van der Waals surface area contributed by atoms with Crippen LogP contribution in [0.25, 0.3) is 0 Å². The third-order valence-electron chi connectivity index (χ3n) is 2.62. The van der Waals surface area contributed by atoms with Gasteiger partial charge in [0.05, 0.1) is 6.61 Å². The molecule has 0 N–H and O–H groups in total. The highest BCUT2D eigenvalue weighted by atomic mass is 16.5. The molecule has 0 radical (unpaired) electrons. The second-order valence-electron chi connectivity index (χ2n) is 4.32. The largest absolute Gasteiger partial charge is 0.477 e. The van der Waals surface area contributed by atoms with Gasteiger partial charge in [0.15, 0.2) is 0 Å². The highest BCUT2D eigenvalue weighted by Crippen LogP contribution is 2.18. The van der Waals surface area contributed by atoms with Crippen molar-refractivity contribution < 1.29 is 14.3 Å². The van der Waals surface area contributed by atoms with Crippen LogP contribution in [-0.4, -0.2) is 35.9 Å². The Morgan fingerprint density at radius 2 is 1.94 bits per heavy atom. The first-order valence-electron chi connectivity index (χ1n) is 6.28. The summed E-state index contributed by atoms with van der Waals surface area (Å²) in [5.74, 6) is -0.146.